The van der Waals surface area contributed by atoms with Crippen molar-refractivity contribution in [3.8, 4) is 0 Å². The number of halogens is 2. The highest BCUT2D eigenvalue weighted by atomic mass is 19.1. The van der Waals surface area contributed by atoms with Crippen molar-refractivity contribution < 1.29 is 33.0 Å². The standard InChI is InChI=1S/C22H28F2N6O5/c1-22(2,3)35-20(32)28-6-4-27(5-7-28)19-17(23)8-15(9-18(19)24)30-16(13-34-21(30)33)11-29-10-14(12-31)25-26-29/h8-10,16,31H,4-7,11-13H2,1-3H3/t16-/m1/s1. The summed E-state index contributed by atoms with van der Waals surface area (Å²) in [5.74, 6) is -1.65. The fourth-order valence-electron chi connectivity index (χ4n) is 4.06. The summed E-state index contributed by atoms with van der Waals surface area (Å²) < 4.78 is 42.2. The molecule has 2 aliphatic heterocycles. The molecule has 11 nitrogen and oxygen atoms in total. The maximum atomic E-state index is 15.1. The largest absolute Gasteiger partial charge is 0.447 e. The number of aromatic nitrogens is 3. The number of benzene rings is 1. The van der Waals surface area contributed by atoms with Crippen LogP contribution in [-0.2, 0) is 22.6 Å². The highest BCUT2D eigenvalue weighted by Crippen LogP contribution is 2.32. The SMILES string of the molecule is CC(C)(C)OC(=O)N1CCN(c2c(F)cc(N3C(=O)OC[C@H]3Cn3cc(CO)nn3)cc2F)CC1. The number of aliphatic hydroxyl groups is 1. The van der Waals surface area contributed by atoms with E-state index in [0.29, 0.717) is 5.69 Å². The van der Waals surface area contributed by atoms with Gasteiger partial charge in [0, 0.05) is 38.3 Å². The molecule has 0 unspecified atom stereocenters. The van der Waals surface area contributed by atoms with Gasteiger partial charge in [0.1, 0.15) is 23.6 Å². The third-order valence-electron chi connectivity index (χ3n) is 5.63. The summed E-state index contributed by atoms with van der Waals surface area (Å²) in [6.45, 7) is 6.15. The van der Waals surface area contributed by atoms with Gasteiger partial charge in [0.2, 0.25) is 0 Å². The molecule has 0 saturated carbocycles. The lowest BCUT2D eigenvalue weighted by Gasteiger charge is -2.37. The summed E-state index contributed by atoms with van der Waals surface area (Å²) in [6.07, 6.45) is 0.322. The van der Waals surface area contributed by atoms with Crippen molar-refractivity contribution in [1.29, 1.82) is 0 Å². The number of aliphatic hydroxyl groups excluding tert-OH is 1. The minimum atomic E-state index is -0.826. The molecular formula is C22H28F2N6O5. The summed E-state index contributed by atoms with van der Waals surface area (Å²) in [6, 6.07) is 1.62. The molecule has 3 heterocycles. The molecule has 0 radical (unpaired) electrons. The van der Waals surface area contributed by atoms with Crippen LogP contribution >= 0.6 is 0 Å². The van der Waals surface area contributed by atoms with Crippen LogP contribution in [0.1, 0.15) is 26.5 Å². The first-order valence-electron chi connectivity index (χ1n) is 11.2. The Labute approximate surface area is 200 Å². The van der Waals surface area contributed by atoms with E-state index in [0.717, 1.165) is 12.1 Å². The number of nitrogens with zero attached hydrogens (tertiary/aromatic N) is 6. The van der Waals surface area contributed by atoms with Gasteiger partial charge < -0.3 is 24.4 Å². The predicted octanol–water partition coefficient (Wildman–Crippen LogP) is 2.13. The molecule has 1 aromatic heterocycles. The molecule has 1 aromatic carbocycles. The molecule has 0 bridgehead atoms. The van der Waals surface area contributed by atoms with Crippen molar-refractivity contribution in [2.24, 2.45) is 0 Å². The number of anilines is 2. The van der Waals surface area contributed by atoms with Gasteiger partial charge in [0.25, 0.3) is 0 Å². The van der Waals surface area contributed by atoms with Crippen LogP contribution in [0.25, 0.3) is 0 Å². The fraction of sp³-hybridized carbons (Fsp3) is 0.545. The zero-order valence-electron chi connectivity index (χ0n) is 19.8. The van der Waals surface area contributed by atoms with E-state index in [2.05, 4.69) is 10.3 Å². The van der Waals surface area contributed by atoms with Crippen LogP contribution in [0.15, 0.2) is 18.3 Å². The molecule has 2 aliphatic rings. The van der Waals surface area contributed by atoms with E-state index in [1.807, 2.05) is 0 Å². The number of carbonyl (C=O) groups excluding carboxylic acids is 2. The van der Waals surface area contributed by atoms with E-state index in [1.165, 1.54) is 25.6 Å². The van der Waals surface area contributed by atoms with Gasteiger partial charge in [-0.3, -0.25) is 4.90 Å². The first-order chi connectivity index (χ1) is 16.6. The molecule has 2 amide bonds. The number of hydrogen-bond acceptors (Lipinski definition) is 8. The first kappa shape index (κ1) is 24.6. The third kappa shape index (κ3) is 5.45. The van der Waals surface area contributed by atoms with Crippen molar-refractivity contribution >= 4 is 23.6 Å². The van der Waals surface area contributed by atoms with E-state index >= 15 is 8.78 Å². The average molecular weight is 494 g/mol. The third-order valence-corrected chi connectivity index (χ3v) is 5.63. The Morgan fingerprint density at radius 3 is 2.43 bits per heavy atom. The van der Waals surface area contributed by atoms with Crippen LogP contribution in [0.3, 0.4) is 0 Å². The van der Waals surface area contributed by atoms with Gasteiger partial charge in [0.05, 0.1) is 31.1 Å². The van der Waals surface area contributed by atoms with Crippen LogP contribution in [-0.4, -0.2) is 81.6 Å². The van der Waals surface area contributed by atoms with Gasteiger partial charge in [-0.25, -0.2) is 23.1 Å². The summed E-state index contributed by atoms with van der Waals surface area (Å²) in [7, 11) is 0. The van der Waals surface area contributed by atoms with Gasteiger partial charge in [-0.15, -0.1) is 5.10 Å². The van der Waals surface area contributed by atoms with Gasteiger partial charge in [0.15, 0.2) is 11.6 Å². The molecule has 4 rings (SSSR count). The van der Waals surface area contributed by atoms with E-state index in [1.54, 1.807) is 20.8 Å². The van der Waals surface area contributed by atoms with Crippen LogP contribution in [0.2, 0.25) is 0 Å². The lowest BCUT2D eigenvalue weighted by atomic mass is 10.1. The van der Waals surface area contributed by atoms with E-state index in [-0.39, 0.29) is 57.3 Å². The number of ether oxygens (including phenoxy) is 2. The van der Waals surface area contributed by atoms with E-state index in [9.17, 15) is 9.59 Å². The Balaban J connectivity index is 1.47. The molecule has 35 heavy (non-hydrogen) atoms. The topological polar surface area (TPSA) is 113 Å². The van der Waals surface area contributed by atoms with Crippen molar-refractivity contribution in [2.75, 3.05) is 42.6 Å². The van der Waals surface area contributed by atoms with Gasteiger partial charge in [-0.05, 0) is 20.8 Å². The van der Waals surface area contributed by atoms with Crippen LogP contribution in [0.4, 0.5) is 29.7 Å². The summed E-state index contributed by atoms with van der Waals surface area (Å²) in [5.41, 5.74) is -0.474. The molecule has 0 aliphatic carbocycles. The Morgan fingerprint density at radius 2 is 1.86 bits per heavy atom. The second-order valence-electron chi connectivity index (χ2n) is 9.40. The van der Waals surface area contributed by atoms with E-state index < -0.39 is 35.5 Å². The maximum absolute atomic E-state index is 15.1. The lowest BCUT2D eigenvalue weighted by Crippen LogP contribution is -2.50. The number of amides is 2. The summed E-state index contributed by atoms with van der Waals surface area (Å²) >= 11 is 0. The van der Waals surface area contributed by atoms with E-state index in [4.69, 9.17) is 14.6 Å². The molecule has 2 saturated heterocycles. The summed E-state index contributed by atoms with van der Waals surface area (Å²) in [4.78, 5) is 28.8. The molecule has 1 N–H and O–H groups in total. The van der Waals surface area contributed by atoms with Gasteiger partial charge >= 0.3 is 12.2 Å². The Kier molecular flexibility index (Phi) is 6.79. The zero-order valence-corrected chi connectivity index (χ0v) is 19.8. The molecule has 2 aromatic rings. The van der Waals surface area contributed by atoms with Crippen LogP contribution < -0.4 is 9.80 Å². The van der Waals surface area contributed by atoms with Gasteiger partial charge in [-0.1, -0.05) is 5.21 Å². The highest BCUT2D eigenvalue weighted by molar-refractivity contribution is 5.90. The molecule has 0 spiro atoms. The lowest BCUT2D eigenvalue weighted by molar-refractivity contribution is 0.0240. The Morgan fingerprint density at radius 1 is 1.20 bits per heavy atom. The number of piperazine rings is 1. The zero-order chi connectivity index (χ0) is 25.3. The minimum absolute atomic E-state index is 0.00473. The molecular weight excluding hydrogens is 466 g/mol. The Hall–Kier alpha value is -3.48. The number of carbonyl (C=O) groups is 2. The first-order valence-corrected chi connectivity index (χ1v) is 11.2. The fourth-order valence-corrected chi connectivity index (χ4v) is 4.06. The normalized spacial score (nSPS) is 18.7. The monoisotopic (exact) mass is 494 g/mol. The summed E-state index contributed by atoms with van der Waals surface area (Å²) in [5, 5.41) is 16.8. The molecule has 13 heteroatoms. The highest BCUT2D eigenvalue weighted by Gasteiger charge is 2.36. The minimum Gasteiger partial charge on any atom is -0.447 e. The number of cyclic esters (lactones) is 1. The predicted molar refractivity (Wildman–Crippen MR) is 120 cm³/mol. The maximum Gasteiger partial charge on any atom is 0.414 e. The molecule has 2 fully saturated rings. The van der Waals surface area contributed by atoms with Crippen molar-refractivity contribution in [3.63, 3.8) is 0 Å². The van der Waals surface area contributed by atoms with Crippen molar-refractivity contribution in [1.82, 2.24) is 19.9 Å². The number of rotatable bonds is 5. The quantitative estimate of drug-likeness (QED) is 0.673. The van der Waals surface area contributed by atoms with Crippen molar-refractivity contribution in [2.45, 2.75) is 45.6 Å². The smallest absolute Gasteiger partial charge is 0.414 e. The number of hydrogen-bond donors (Lipinski definition) is 1. The average Bonchev–Trinajstić information content (AvgIpc) is 3.39. The Bertz CT molecular complexity index is 1070. The van der Waals surface area contributed by atoms with Crippen molar-refractivity contribution in [3.05, 3.63) is 35.7 Å². The molecule has 1 atom stereocenters. The van der Waals surface area contributed by atoms with Crippen LogP contribution in [0.5, 0.6) is 0 Å². The van der Waals surface area contributed by atoms with Crippen LogP contribution in [0, 0.1) is 11.6 Å². The van der Waals surface area contributed by atoms with Gasteiger partial charge in [-0.2, -0.15) is 0 Å². The second kappa shape index (κ2) is 9.64. The second-order valence-corrected chi connectivity index (χ2v) is 9.40. The molecule has 190 valence electrons.